The summed E-state index contributed by atoms with van der Waals surface area (Å²) in [5.41, 5.74) is 4.88. The third kappa shape index (κ3) is 2.62. The van der Waals surface area contributed by atoms with E-state index >= 15 is 0 Å². The molecule has 1 nitrogen and oxygen atoms in total. The summed E-state index contributed by atoms with van der Waals surface area (Å²) in [6, 6.07) is 9.82. The predicted molar refractivity (Wildman–Crippen MR) is 77.2 cm³/mol. The molecule has 1 aliphatic heterocycles. The Morgan fingerprint density at radius 2 is 1.48 bits per heavy atom. The van der Waals surface area contributed by atoms with Crippen molar-refractivity contribution in [3.05, 3.63) is 64.2 Å². The predicted octanol–water partition coefficient (Wildman–Crippen LogP) is 4.84. The number of alkyl halides is 3. The van der Waals surface area contributed by atoms with Crippen LogP contribution in [0.1, 0.15) is 27.8 Å². The van der Waals surface area contributed by atoms with E-state index in [4.69, 9.17) is 0 Å². The monoisotopic (exact) mass is 291 g/mol. The molecule has 0 aliphatic carbocycles. The smallest absolute Gasteiger partial charge is 0.363 e. The fourth-order valence-electron chi connectivity index (χ4n) is 2.76. The lowest BCUT2D eigenvalue weighted by molar-refractivity contribution is -0.137. The number of hydrogen-bond donors (Lipinski definition) is 0. The van der Waals surface area contributed by atoms with Gasteiger partial charge in [0.05, 0.1) is 5.56 Å². The first kappa shape index (κ1) is 14.0. The molecule has 0 saturated heterocycles. The number of fused-ring (bicyclic) bond motifs is 1. The van der Waals surface area contributed by atoms with Crippen LogP contribution in [0.5, 0.6) is 0 Å². The summed E-state index contributed by atoms with van der Waals surface area (Å²) in [7, 11) is 0. The summed E-state index contributed by atoms with van der Waals surface area (Å²) in [6.45, 7) is 5.45. The maximum Gasteiger partial charge on any atom is 0.416 e. The van der Waals surface area contributed by atoms with Gasteiger partial charge < -0.3 is 4.90 Å². The first-order chi connectivity index (χ1) is 9.84. The van der Waals surface area contributed by atoms with Crippen LogP contribution >= 0.6 is 0 Å². The van der Waals surface area contributed by atoms with Crippen LogP contribution < -0.4 is 4.90 Å². The SMILES string of the molecule is Cc1cc2c(cc1C)CN(c1cccc(C(F)(F)F)c1)C2. The Labute approximate surface area is 122 Å². The van der Waals surface area contributed by atoms with E-state index in [0.29, 0.717) is 18.8 Å². The zero-order chi connectivity index (χ0) is 15.2. The molecule has 0 aromatic heterocycles. The zero-order valence-corrected chi connectivity index (χ0v) is 12.0. The maximum absolute atomic E-state index is 12.8. The molecular formula is C17H16F3N. The van der Waals surface area contributed by atoms with Crippen molar-refractivity contribution >= 4 is 5.69 Å². The van der Waals surface area contributed by atoms with Gasteiger partial charge in [0, 0.05) is 18.8 Å². The van der Waals surface area contributed by atoms with Gasteiger partial charge in [0.2, 0.25) is 0 Å². The molecular weight excluding hydrogens is 275 g/mol. The van der Waals surface area contributed by atoms with Gasteiger partial charge in [-0.15, -0.1) is 0 Å². The number of hydrogen-bond acceptors (Lipinski definition) is 1. The molecule has 4 heteroatoms. The molecule has 3 rings (SSSR count). The molecule has 110 valence electrons. The first-order valence-corrected chi connectivity index (χ1v) is 6.86. The molecule has 1 aliphatic rings. The molecule has 0 amide bonds. The van der Waals surface area contributed by atoms with Crippen molar-refractivity contribution in [2.24, 2.45) is 0 Å². The quantitative estimate of drug-likeness (QED) is 0.726. The summed E-state index contributed by atoms with van der Waals surface area (Å²) >= 11 is 0. The van der Waals surface area contributed by atoms with E-state index in [9.17, 15) is 13.2 Å². The molecule has 2 aromatic carbocycles. The largest absolute Gasteiger partial charge is 0.416 e. The molecule has 0 atom stereocenters. The van der Waals surface area contributed by atoms with Crippen LogP contribution in [-0.4, -0.2) is 0 Å². The minimum atomic E-state index is -4.30. The van der Waals surface area contributed by atoms with Crippen LogP contribution in [0.25, 0.3) is 0 Å². The first-order valence-electron chi connectivity index (χ1n) is 6.86. The highest BCUT2D eigenvalue weighted by atomic mass is 19.4. The Kier molecular flexibility index (Phi) is 3.19. The Bertz CT molecular complexity index is 658. The van der Waals surface area contributed by atoms with Crippen molar-refractivity contribution < 1.29 is 13.2 Å². The molecule has 0 N–H and O–H groups in total. The van der Waals surface area contributed by atoms with Gasteiger partial charge >= 0.3 is 6.18 Å². The molecule has 0 spiro atoms. The Morgan fingerprint density at radius 1 is 0.905 bits per heavy atom. The molecule has 1 heterocycles. The van der Waals surface area contributed by atoms with E-state index in [1.807, 2.05) is 4.90 Å². The lowest BCUT2D eigenvalue weighted by Crippen LogP contribution is -2.15. The van der Waals surface area contributed by atoms with E-state index in [0.717, 1.165) is 6.07 Å². The molecule has 0 unspecified atom stereocenters. The number of nitrogens with zero attached hydrogens (tertiary/aromatic N) is 1. The molecule has 0 bridgehead atoms. The molecule has 0 saturated carbocycles. The fourth-order valence-corrected chi connectivity index (χ4v) is 2.76. The van der Waals surface area contributed by atoms with Crippen LogP contribution in [0.2, 0.25) is 0 Å². The molecule has 0 radical (unpaired) electrons. The van der Waals surface area contributed by atoms with Crippen molar-refractivity contribution in [3.63, 3.8) is 0 Å². The van der Waals surface area contributed by atoms with Crippen molar-refractivity contribution in [2.75, 3.05) is 4.90 Å². The highest BCUT2D eigenvalue weighted by Crippen LogP contribution is 2.34. The summed E-state index contributed by atoms with van der Waals surface area (Å²) in [6.07, 6.45) is -4.30. The van der Waals surface area contributed by atoms with Gasteiger partial charge in [0.15, 0.2) is 0 Å². The van der Waals surface area contributed by atoms with Gasteiger partial charge in [-0.1, -0.05) is 18.2 Å². The van der Waals surface area contributed by atoms with E-state index in [-0.39, 0.29) is 0 Å². The van der Waals surface area contributed by atoms with E-state index in [2.05, 4.69) is 26.0 Å². The van der Waals surface area contributed by atoms with Crippen LogP contribution in [0.15, 0.2) is 36.4 Å². The highest BCUT2D eigenvalue weighted by molar-refractivity contribution is 5.54. The minimum Gasteiger partial charge on any atom is -0.363 e. The second-order valence-electron chi connectivity index (χ2n) is 5.61. The average Bonchev–Trinajstić information content (AvgIpc) is 2.81. The summed E-state index contributed by atoms with van der Waals surface area (Å²) < 4.78 is 38.4. The lowest BCUT2D eigenvalue weighted by Gasteiger charge is -2.19. The molecule has 0 fully saturated rings. The lowest BCUT2D eigenvalue weighted by atomic mass is 10.0. The minimum absolute atomic E-state index is 0.594. The third-order valence-electron chi connectivity index (χ3n) is 4.08. The van der Waals surface area contributed by atoms with Gasteiger partial charge in [0.25, 0.3) is 0 Å². The Balaban J connectivity index is 1.91. The molecule has 21 heavy (non-hydrogen) atoms. The Hall–Kier alpha value is -1.97. The Morgan fingerprint density at radius 3 is 2.00 bits per heavy atom. The van der Waals surface area contributed by atoms with Crippen LogP contribution in [-0.2, 0) is 19.3 Å². The second-order valence-corrected chi connectivity index (χ2v) is 5.61. The van der Waals surface area contributed by atoms with Crippen molar-refractivity contribution in [1.29, 1.82) is 0 Å². The standard InChI is InChI=1S/C17H16F3N/c1-11-6-13-9-21(10-14(13)7-12(11)2)16-5-3-4-15(8-16)17(18,19)20/h3-8H,9-10H2,1-2H3. The second kappa shape index (κ2) is 4.79. The third-order valence-corrected chi connectivity index (χ3v) is 4.08. The average molecular weight is 291 g/mol. The fraction of sp³-hybridized carbons (Fsp3) is 0.294. The van der Waals surface area contributed by atoms with Gasteiger partial charge in [0.1, 0.15) is 0 Å². The summed E-state index contributed by atoms with van der Waals surface area (Å²) in [5.74, 6) is 0. The summed E-state index contributed by atoms with van der Waals surface area (Å²) in [4.78, 5) is 1.98. The number of halogens is 3. The van der Waals surface area contributed by atoms with Gasteiger partial charge in [-0.2, -0.15) is 13.2 Å². The topological polar surface area (TPSA) is 3.24 Å². The van der Waals surface area contributed by atoms with Gasteiger partial charge in [-0.3, -0.25) is 0 Å². The van der Waals surface area contributed by atoms with Crippen LogP contribution in [0.4, 0.5) is 18.9 Å². The number of anilines is 1. The highest BCUT2D eigenvalue weighted by Gasteiger charge is 2.31. The van der Waals surface area contributed by atoms with Crippen molar-refractivity contribution in [3.8, 4) is 0 Å². The number of aryl methyl sites for hydroxylation is 2. The van der Waals surface area contributed by atoms with Gasteiger partial charge in [-0.05, 0) is 54.3 Å². The summed E-state index contributed by atoms with van der Waals surface area (Å²) in [5, 5.41) is 0. The van der Waals surface area contributed by atoms with Crippen molar-refractivity contribution in [1.82, 2.24) is 0 Å². The van der Waals surface area contributed by atoms with E-state index < -0.39 is 11.7 Å². The van der Waals surface area contributed by atoms with Crippen LogP contribution in [0, 0.1) is 13.8 Å². The maximum atomic E-state index is 12.8. The zero-order valence-electron chi connectivity index (χ0n) is 12.0. The van der Waals surface area contributed by atoms with Crippen LogP contribution in [0.3, 0.4) is 0 Å². The molecule has 2 aromatic rings. The number of benzene rings is 2. The van der Waals surface area contributed by atoms with E-state index in [1.165, 1.54) is 34.4 Å². The number of rotatable bonds is 1. The van der Waals surface area contributed by atoms with E-state index in [1.54, 1.807) is 6.07 Å². The van der Waals surface area contributed by atoms with Gasteiger partial charge in [-0.25, -0.2) is 0 Å². The van der Waals surface area contributed by atoms with Crippen molar-refractivity contribution in [2.45, 2.75) is 33.1 Å². The normalized spacial score (nSPS) is 14.4.